The SMILES string of the molecule is OC1CC(O)C2CCCC1C2. The van der Waals surface area contributed by atoms with Gasteiger partial charge in [0.2, 0.25) is 0 Å². The summed E-state index contributed by atoms with van der Waals surface area (Å²) in [6, 6.07) is 0. The second-order valence-electron chi connectivity index (χ2n) is 4.06. The van der Waals surface area contributed by atoms with E-state index in [0.29, 0.717) is 18.3 Å². The van der Waals surface area contributed by atoms with Crippen LogP contribution in [0, 0.1) is 11.8 Å². The molecule has 2 N–H and O–H groups in total. The van der Waals surface area contributed by atoms with Crippen molar-refractivity contribution >= 4 is 0 Å². The molecule has 0 amide bonds. The molecule has 0 radical (unpaired) electrons. The molecule has 0 saturated heterocycles. The fraction of sp³-hybridized carbons (Fsp3) is 1.00. The molecule has 2 nitrogen and oxygen atoms in total. The zero-order valence-corrected chi connectivity index (χ0v) is 6.74. The summed E-state index contributed by atoms with van der Waals surface area (Å²) in [6.45, 7) is 0. The Bertz CT molecular complexity index is 132. The van der Waals surface area contributed by atoms with Gasteiger partial charge in [0.1, 0.15) is 0 Å². The van der Waals surface area contributed by atoms with E-state index in [-0.39, 0.29) is 12.2 Å². The lowest BCUT2D eigenvalue weighted by molar-refractivity contribution is -0.0558. The number of aliphatic hydroxyl groups excluding tert-OH is 2. The molecule has 4 atom stereocenters. The third-order valence-electron chi connectivity index (χ3n) is 3.33. The van der Waals surface area contributed by atoms with E-state index in [0.717, 1.165) is 6.42 Å². The Morgan fingerprint density at radius 2 is 1.36 bits per heavy atom. The molecule has 2 bridgehead atoms. The maximum atomic E-state index is 9.53. The van der Waals surface area contributed by atoms with Gasteiger partial charge in [0.15, 0.2) is 0 Å². The second-order valence-corrected chi connectivity index (χ2v) is 4.06. The van der Waals surface area contributed by atoms with Gasteiger partial charge in [-0.2, -0.15) is 0 Å². The number of fused-ring (bicyclic) bond motifs is 2. The molecule has 0 heterocycles. The Morgan fingerprint density at radius 1 is 0.818 bits per heavy atom. The highest BCUT2D eigenvalue weighted by Gasteiger charge is 2.37. The van der Waals surface area contributed by atoms with Crippen molar-refractivity contribution < 1.29 is 10.2 Å². The van der Waals surface area contributed by atoms with Gasteiger partial charge in [0.05, 0.1) is 12.2 Å². The minimum absolute atomic E-state index is 0.221. The first-order valence-corrected chi connectivity index (χ1v) is 4.63. The first kappa shape index (κ1) is 7.56. The van der Waals surface area contributed by atoms with Crippen molar-refractivity contribution in [3.63, 3.8) is 0 Å². The molecule has 2 rings (SSSR count). The number of rotatable bonds is 0. The van der Waals surface area contributed by atoms with Crippen molar-refractivity contribution in [2.24, 2.45) is 11.8 Å². The first-order valence-electron chi connectivity index (χ1n) is 4.63. The quantitative estimate of drug-likeness (QED) is 0.547. The Kier molecular flexibility index (Phi) is 1.90. The molecule has 4 unspecified atom stereocenters. The predicted molar refractivity (Wildman–Crippen MR) is 42.1 cm³/mol. The zero-order valence-electron chi connectivity index (χ0n) is 6.74. The standard InChI is InChI=1S/C9H16O2/c10-8-5-9(11)7-3-1-2-6(8)4-7/h6-11H,1-5H2. The van der Waals surface area contributed by atoms with Crippen LogP contribution in [0.2, 0.25) is 0 Å². The molecular formula is C9H16O2. The summed E-state index contributed by atoms with van der Waals surface area (Å²) >= 11 is 0. The van der Waals surface area contributed by atoms with Crippen LogP contribution in [0.15, 0.2) is 0 Å². The molecule has 2 heteroatoms. The minimum atomic E-state index is -0.221. The largest absolute Gasteiger partial charge is 0.393 e. The summed E-state index contributed by atoms with van der Waals surface area (Å²) in [5.41, 5.74) is 0. The van der Waals surface area contributed by atoms with E-state index in [9.17, 15) is 10.2 Å². The van der Waals surface area contributed by atoms with Gasteiger partial charge in [0.25, 0.3) is 0 Å². The van der Waals surface area contributed by atoms with Crippen LogP contribution in [0.5, 0.6) is 0 Å². The van der Waals surface area contributed by atoms with E-state index in [2.05, 4.69) is 0 Å². The smallest absolute Gasteiger partial charge is 0.0593 e. The predicted octanol–water partition coefficient (Wildman–Crippen LogP) is 0.918. The van der Waals surface area contributed by atoms with E-state index in [1.807, 2.05) is 0 Å². The Morgan fingerprint density at radius 3 is 1.91 bits per heavy atom. The highest BCUT2D eigenvalue weighted by atomic mass is 16.3. The summed E-state index contributed by atoms with van der Waals surface area (Å²) in [6.07, 6.45) is 4.78. The third-order valence-corrected chi connectivity index (χ3v) is 3.33. The zero-order chi connectivity index (χ0) is 7.84. The van der Waals surface area contributed by atoms with Gasteiger partial charge in [0, 0.05) is 0 Å². The molecule has 64 valence electrons. The van der Waals surface area contributed by atoms with Gasteiger partial charge in [-0.05, 0) is 37.5 Å². The molecule has 2 saturated carbocycles. The lowest BCUT2D eigenvalue weighted by atomic mass is 9.69. The summed E-state index contributed by atoms with van der Waals surface area (Å²) in [5, 5.41) is 19.1. The van der Waals surface area contributed by atoms with Crippen LogP contribution in [-0.2, 0) is 0 Å². The summed E-state index contributed by atoms with van der Waals surface area (Å²) in [7, 11) is 0. The fourth-order valence-corrected chi connectivity index (χ4v) is 2.60. The van der Waals surface area contributed by atoms with Gasteiger partial charge in [-0.3, -0.25) is 0 Å². The average molecular weight is 156 g/mol. The molecular weight excluding hydrogens is 140 g/mol. The molecule has 0 aromatic heterocycles. The number of aliphatic hydroxyl groups is 2. The van der Waals surface area contributed by atoms with Crippen LogP contribution in [0.25, 0.3) is 0 Å². The highest BCUT2D eigenvalue weighted by molar-refractivity contribution is 4.88. The fourth-order valence-electron chi connectivity index (χ4n) is 2.60. The summed E-state index contributed by atoms with van der Waals surface area (Å²) in [4.78, 5) is 0. The topological polar surface area (TPSA) is 40.5 Å². The number of hydrogen-bond donors (Lipinski definition) is 2. The van der Waals surface area contributed by atoms with E-state index >= 15 is 0 Å². The number of hydrogen-bond acceptors (Lipinski definition) is 2. The van der Waals surface area contributed by atoms with Crippen molar-refractivity contribution in [1.29, 1.82) is 0 Å². The maximum absolute atomic E-state index is 9.53. The second kappa shape index (κ2) is 2.76. The van der Waals surface area contributed by atoms with E-state index in [4.69, 9.17) is 0 Å². The van der Waals surface area contributed by atoms with Crippen LogP contribution < -0.4 is 0 Å². The van der Waals surface area contributed by atoms with E-state index < -0.39 is 0 Å². The molecule has 0 aliphatic heterocycles. The van der Waals surface area contributed by atoms with Gasteiger partial charge in [-0.15, -0.1) is 0 Å². The lowest BCUT2D eigenvalue weighted by Crippen LogP contribution is -2.41. The summed E-state index contributed by atoms with van der Waals surface area (Å²) in [5.74, 6) is 0.995. The van der Waals surface area contributed by atoms with Gasteiger partial charge in [-0.1, -0.05) is 6.42 Å². The van der Waals surface area contributed by atoms with Crippen LogP contribution in [0.1, 0.15) is 32.1 Å². The molecule has 0 spiro atoms. The molecule has 0 aromatic rings. The molecule has 2 fully saturated rings. The van der Waals surface area contributed by atoms with Crippen molar-refractivity contribution in [1.82, 2.24) is 0 Å². The van der Waals surface area contributed by atoms with Gasteiger partial charge in [-0.25, -0.2) is 0 Å². The van der Waals surface area contributed by atoms with Crippen LogP contribution in [0.4, 0.5) is 0 Å². The Labute approximate surface area is 67.2 Å². The van der Waals surface area contributed by atoms with Gasteiger partial charge >= 0.3 is 0 Å². The molecule has 11 heavy (non-hydrogen) atoms. The molecule has 2 aliphatic rings. The normalized spacial score (nSPS) is 50.7. The van der Waals surface area contributed by atoms with Gasteiger partial charge < -0.3 is 10.2 Å². The lowest BCUT2D eigenvalue weighted by Gasteiger charge is -2.40. The van der Waals surface area contributed by atoms with Crippen molar-refractivity contribution in [3.8, 4) is 0 Å². The Balaban J connectivity index is 2.05. The third kappa shape index (κ3) is 1.30. The van der Waals surface area contributed by atoms with Crippen molar-refractivity contribution in [3.05, 3.63) is 0 Å². The first-order chi connectivity index (χ1) is 5.27. The Hall–Kier alpha value is -0.0800. The van der Waals surface area contributed by atoms with Crippen LogP contribution in [-0.4, -0.2) is 22.4 Å². The van der Waals surface area contributed by atoms with Crippen molar-refractivity contribution in [2.45, 2.75) is 44.3 Å². The van der Waals surface area contributed by atoms with Crippen LogP contribution in [0.3, 0.4) is 0 Å². The molecule has 2 aliphatic carbocycles. The molecule has 0 aromatic carbocycles. The van der Waals surface area contributed by atoms with Crippen LogP contribution >= 0.6 is 0 Å². The maximum Gasteiger partial charge on any atom is 0.0593 e. The summed E-state index contributed by atoms with van der Waals surface area (Å²) < 4.78 is 0. The van der Waals surface area contributed by atoms with Crippen molar-refractivity contribution in [2.75, 3.05) is 0 Å². The monoisotopic (exact) mass is 156 g/mol. The van der Waals surface area contributed by atoms with E-state index in [1.165, 1.54) is 19.3 Å². The minimum Gasteiger partial charge on any atom is -0.393 e. The highest BCUT2D eigenvalue weighted by Crippen LogP contribution is 2.39. The average Bonchev–Trinajstić information content (AvgIpc) is 2.02. The van der Waals surface area contributed by atoms with E-state index in [1.54, 1.807) is 0 Å².